The Bertz CT molecular complexity index is 750. The normalized spacial score (nSPS) is 15.8. The van der Waals surface area contributed by atoms with Crippen LogP contribution in [0.3, 0.4) is 0 Å². The molecule has 20 heavy (non-hydrogen) atoms. The Balaban J connectivity index is 2.19. The fraction of sp³-hybridized carbons (Fsp3) is 0.333. The summed E-state index contributed by atoms with van der Waals surface area (Å²) >= 11 is 2.01. The Morgan fingerprint density at radius 3 is 2.85 bits per heavy atom. The van der Waals surface area contributed by atoms with E-state index in [-0.39, 0.29) is 11.2 Å². The predicted molar refractivity (Wildman–Crippen MR) is 86.2 cm³/mol. The van der Waals surface area contributed by atoms with Crippen LogP contribution in [-0.4, -0.2) is 15.6 Å². The number of ether oxygens (including phenoxy) is 1. The first-order valence-corrected chi connectivity index (χ1v) is 7.53. The van der Waals surface area contributed by atoms with E-state index in [4.69, 9.17) is 4.74 Å². The highest BCUT2D eigenvalue weighted by Gasteiger charge is 2.32. The molecule has 2 aromatic rings. The lowest BCUT2D eigenvalue weighted by molar-refractivity contribution is 0.139. The molecule has 1 aromatic heterocycles. The van der Waals surface area contributed by atoms with Gasteiger partial charge in [-0.1, -0.05) is 12.1 Å². The van der Waals surface area contributed by atoms with Crippen molar-refractivity contribution < 1.29 is 4.74 Å². The number of rotatable bonds is 1. The molecule has 0 aliphatic carbocycles. The van der Waals surface area contributed by atoms with E-state index in [9.17, 15) is 4.79 Å². The van der Waals surface area contributed by atoms with Crippen LogP contribution in [0.15, 0.2) is 23.0 Å². The van der Waals surface area contributed by atoms with Crippen molar-refractivity contribution in [2.24, 2.45) is 0 Å². The molecular weight excluding hydrogens is 367 g/mol. The second-order valence-corrected chi connectivity index (χ2v) is 6.73. The molecule has 2 heterocycles. The van der Waals surface area contributed by atoms with Gasteiger partial charge in [0.15, 0.2) is 0 Å². The average molecular weight is 382 g/mol. The third-order valence-corrected chi connectivity index (χ3v) is 4.65. The summed E-state index contributed by atoms with van der Waals surface area (Å²) in [6.45, 7) is 5.97. The molecule has 3 rings (SSSR count). The van der Waals surface area contributed by atoms with E-state index in [2.05, 4.69) is 29.9 Å². The number of para-hydroxylation sites is 1. The number of halogens is 1. The molecule has 4 nitrogen and oxygen atoms in total. The summed E-state index contributed by atoms with van der Waals surface area (Å²) in [6, 6.07) is 5.97. The molecule has 0 fully saturated rings. The minimum absolute atomic E-state index is 0.108. The third kappa shape index (κ3) is 2.24. The van der Waals surface area contributed by atoms with E-state index in [1.807, 2.05) is 41.6 Å². The third-order valence-electron chi connectivity index (χ3n) is 3.37. The van der Waals surface area contributed by atoms with Gasteiger partial charge in [0.05, 0.1) is 14.8 Å². The smallest absolute Gasteiger partial charge is 0.264 e. The summed E-state index contributed by atoms with van der Waals surface area (Å²) in [5, 5.41) is 0. The summed E-state index contributed by atoms with van der Waals surface area (Å²) in [5.41, 5.74) is 2.43. The van der Waals surface area contributed by atoms with E-state index in [0.29, 0.717) is 9.39 Å². The molecule has 1 aromatic carbocycles. The van der Waals surface area contributed by atoms with Gasteiger partial charge in [0.2, 0.25) is 0 Å². The van der Waals surface area contributed by atoms with E-state index in [1.165, 1.54) is 0 Å². The summed E-state index contributed by atoms with van der Waals surface area (Å²) in [6.07, 6.45) is 0.865. The van der Waals surface area contributed by atoms with Crippen molar-refractivity contribution in [3.63, 3.8) is 0 Å². The van der Waals surface area contributed by atoms with Gasteiger partial charge in [-0.15, -0.1) is 0 Å². The molecule has 0 saturated heterocycles. The number of aromatic amines is 1. The largest absolute Gasteiger partial charge is 0.486 e. The first kappa shape index (κ1) is 13.6. The van der Waals surface area contributed by atoms with Gasteiger partial charge in [-0.25, -0.2) is 4.98 Å². The summed E-state index contributed by atoms with van der Waals surface area (Å²) in [5.74, 6) is 1.41. The highest BCUT2D eigenvalue weighted by atomic mass is 127. The maximum absolute atomic E-state index is 11.9. The Morgan fingerprint density at radius 2 is 2.15 bits per heavy atom. The van der Waals surface area contributed by atoms with Crippen molar-refractivity contribution in [2.75, 3.05) is 0 Å². The average Bonchev–Trinajstić information content (AvgIpc) is 2.68. The van der Waals surface area contributed by atoms with Crippen LogP contribution in [0.25, 0.3) is 11.4 Å². The number of H-pyrrole nitrogens is 1. The van der Waals surface area contributed by atoms with E-state index in [0.717, 1.165) is 29.0 Å². The van der Waals surface area contributed by atoms with Crippen LogP contribution < -0.4 is 10.3 Å². The Hall–Kier alpha value is -1.37. The number of benzene rings is 1. The number of hydrogen-bond acceptors (Lipinski definition) is 3. The van der Waals surface area contributed by atoms with Gasteiger partial charge in [0.1, 0.15) is 17.2 Å². The van der Waals surface area contributed by atoms with Gasteiger partial charge in [-0.2, -0.15) is 0 Å². The topological polar surface area (TPSA) is 55.0 Å². The minimum atomic E-state index is -0.211. The van der Waals surface area contributed by atoms with Crippen molar-refractivity contribution >= 4 is 22.6 Å². The van der Waals surface area contributed by atoms with Crippen LogP contribution in [-0.2, 0) is 6.42 Å². The van der Waals surface area contributed by atoms with Crippen molar-refractivity contribution in [2.45, 2.75) is 32.8 Å². The van der Waals surface area contributed by atoms with Gasteiger partial charge in [0.25, 0.3) is 5.56 Å². The van der Waals surface area contributed by atoms with Crippen LogP contribution in [0, 0.1) is 10.5 Å². The van der Waals surface area contributed by atoms with Gasteiger partial charge in [-0.05, 0) is 55.0 Å². The van der Waals surface area contributed by atoms with Crippen molar-refractivity contribution in [3.05, 3.63) is 43.4 Å². The Morgan fingerprint density at radius 1 is 1.40 bits per heavy atom. The lowest BCUT2D eigenvalue weighted by atomic mass is 10.0. The van der Waals surface area contributed by atoms with Gasteiger partial charge >= 0.3 is 0 Å². The maximum atomic E-state index is 11.9. The first-order valence-electron chi connectivity index (χ1n) is 6.45. The van der Waals surface area contributed by atoms with E-state index >= 15 is 0 Å². The highest BCUT2D eigenvalue weighted by molar-refractivity contribution is 14.1. The maximum Gasteiger partial charge on any atom is 0.264 e. The second kappa shape index (κ2) is 4.58. The monoisotopic (exact) mass is 382 g/mol. The van der Waals surface area contributed by atoms with Gasteiger partial charge < -0.3 is 9.72 Å². The first-order chi connectivity index (χ1) is 9.37. The van der Waals surface area contributed by atoms with E-state index < -0.39 is 0 Å². The van der Waals surface area contributed by atoms with Crippen molar-refractivity contribution in [1.82, 2.24) is 9.97 Å². The SMILES string of the molecule is Cc1nc(-c2cccc3c2OC(C)(C)C3)[nH]c(=O)c1I. The number of aryl methyl sites for hydroxylation is 1. The van der Waals surface area contributed by atoms with Crippen molar-refractivity contribution in [3.8, 4) is 17.1 Å². The Kier molecular flexibility index (Phi) is 3.12. The van der Waals surface area contributed by atoms with Crippen molar-refractivity contribution in [1.29, 1.82) is 0 Å². The molecule has 0 unspecified atom stereocenters. The molecule has 5 heteroatoms. The number of hydrogen-bond donors (Lipinski definition) is 1. The summed E-state index contributed by atoms with van der Waals surface area (Å²) in [7, 11) is 0. The fourth-order valence-electron chi connectivity index (χ4n) is 2.50. The lowest BCUT2D eigenvalue weighted by Gasteiger charge is -2.18. The standard InChI is InChI=1S/C15H15IN2O2/c1-8-11(16)14(19)18-13(17-8)10-6-4-5-9-7-15(2,3)20-12(9)10/h4-6H,7H2,1-3H3,(H,17,18,19). The van der Waals surface area contributed by atoms with Crippen LogP contribution >= 0.6 is 22.6 Å². The Labute approximate surface area is 130 Å². The molecule has 0 amide bonds. The van der Waals surface area contributed by atoms with E-state index in [1.54, 1.807) is 0 Å². The molecule has 0 spiro atoms. The van der Waals surface area contributed by atoms with Crippen LogP contribution in [0.4, 0.5) is 0 Å². The van der Waals surface area contributed by atoms with Crippen LogP contribution in [0.2, 0.25) is 0 Å². The molecule has 0 radical (unpaired) electrons. The predicted octanol–water partition coefficient (Wildman–Crippen LogP) is 3.06. The second-order valence-electron chi connectivity index (χ2n) is 5.65. The highest BCUT2D eigenvalue weighted by Crippen LogP contribution is 2.41. The summed E-state index contributed by atoms with van der Waals surface area (Å²) in [4.78, 5) is 19.2. The number of nitrogens with one attached hydrogen (secondary N) is 1. The molecule has 1 aliphatic heterocycles. The fourth-order valence-corrected chi connectivity index (χ4v) is 2.76. The molecule has 0 atom stereocenters. The quantitative estimate of drug-likeness (QED) is 0.772. The van der Waals surface area contributed by atoms with Gasteiger partial charge in [0, 0.05) is 6.42 Å². The zero-order valence-electron chi connectivity index (χ0n) is 11.6. The lowest BCUT2D eigenvalue weighted by Crippen LogP contribution is -2.24. The minimum Gasteiger partial charge on any atom is -0.486 e. The zero-order valence-corrected chi connectivity index (χ0v) is 13.7. The number of nitrogens with zero attached hydrogens (tertiary/aromatic N) is 1. The molecule has 104 valence electrons. The number of fused-ring (bicyclic) bond motifs is 1. The molecule has 0 saturated carbocycles. The van der Waals surface area contributed by atoms with Crippen LogP contribution in [0.5, 0.6) is 5.75 Å². The van der Waals surface area contributed by atoms with Crippen LogP contribution in [0.1, 0.15) is 25.1 Å². The zero-order chi connectivity index (χ0) is 14.5. The molecular formula is C15H15IN2O2. The molecule has 1 N–H and O–H groups in total. The van der Waals surface area contributed by atoms with Gasteiger partial charge in [-0.3, -0.25) is 4.79 Å². The molecule has 0 bridgehead atoms. The number of aromatic nitrogens is 2. The summed E-state index contributed by atoms with van der Waals surface area (Å²) < 4.78 is 6.65. The molecule has 1 aliphatic rings.